The van der Waals surface area contributed by atoms with E-state index in [0.717, 1.165) is 13.0 Å². The van der Waals surface area contributed by atoms with Crippen LogP contribution in [0.1, 0.15) is 25.6 Å². The summed E-state index contributed by atoms with van der Waals surface area (Å²) in [6.45, 7) is 7.66. The average molecular weight is 183 g/mol. The highest BCUT2D eigenvalue weighted by atomic mass is 32.1. The lowest BCUT2D eigenvalue weighted by Gasteiger charge is -2.19. The molecule has 1 nitrogen and oxygen atoms in total. The topological polar surface area (TPSA) is 12.0 Å². The molecule has 0 spiro atoms. The third-order valence-corrected chi connectivity index (χ3v) is 2.54. The van der Waals surface area contributed by atoms with Gasteiger partial charge in [0.2, 0.25) is 0 Å². The summed E-state index contributed by atoms with van der Waals surface area (Å²) < 4.78 is 0. The van der Waals surface area contributed by atoms with Gasteiger partial charge in [0, 0.05) is 17.0 Å². The Balaban J connectivity index is 2.20. The first-order valence-electron chi connectivity index (χ1n) is 4.35. The Kier molecular flexibility index (Phi) is 3.29. The highest BCUT2D eigenvalue weighted by Gasteiger charge is 2.07. The van der Waals surface area contributed by atoms with Crippen molar-refractivity contribution in [2.24, 2.45) is 0 Å². The van der Waals surface area contributed by atoms with Crippen LogP contribution in [0.2, 0.25) is 0 Å². The highest BCUT2D eigenvalue weighted by molar-refractivity contribution is 7.09. The molecule has 0 saturated carbocycles. The number of thiophene rings is 1. The fraction of sp³-hybridized carbons (Fsp3) is 0.600. The fourth-order valence-electron chi connectivity index (χ4n) is 1.02. The Bertz CT molecular complexity index is 208. The van der Waals surface area contributed by atoms with Gasteiger partial charge in [-0.1, -0.05) is 6.07 Å². The molecule has 1 aromatic heterocycles. The van der Waals surface area contributed by atoms with E-state index in [1.54, 1.807) is 0 Å². The van der Waals surface area contributed by atoms with Crippen molar-refractivity contribution in [3.05, 3.63) is 22.4 Å². The van der Waals surface area contributed by atoms with Crippen molar-refractivity contribution < 1.29 is 0 Å². The first-order valence-corrected chi connectivity index (χ1v) is 5.23. The normalized spacial score (nSPS) is 11.9. The van der Waals surface area contributed by atoms with Crippen LogP contribution in [0.25, 0.3) is 0 Å². The maximum atomic E-state index is 3.47. The molecule has 1 aromatic rings. The lowest BCUT2D eigenvalue weighted by Crippen LogP contribution is -2.36. The van der Waals surface area contributed by atoms with Crippen molar-refractivity contribution in [3.8, 4) is 0 Å². The molecule has 0 aliphatic heterocycles. The Labute approximate surface area is 78.8 Å². The molecule has 0 aliphatic carbocycles. The minimum absolute atomic E-state index is 0.247. The maximum Gasteiger partial charge on any atom is 0.00966 e. The van der Waals surface area contributed by atoms with Crippen LogP contribution in [0.4, 0.5) is 0 Å². The minimum atomic E-state index is 0.247. The number of rotatable bonds is 3. The van der Waals surface area contributed by atoms with Gasteiger partial charge >= 0.3 is 0 Å². The standard InChI is InChI=1S/C10H17NS/c1-10(2,3)11-7-6-9-5-4-8-12-9/h4-5,8,11H,6-7H2,1-3H3. The average Bonchev–Trinajstić information content (AvgIpc) is 2.36. The van der Waals surface area contributed by atoms with Gasteiger partial charge in [0.25, 0.3) is 0 Å². The monoisotopic (exact) mass is 183 g/mol. The van der Waals surface area contributed by atoms with Gasteiger partial charge in [-0.15, -0.1) is 11.3 Å². The van der Waals surface area contributed by atoms with Crippen LogP contribution in [-0.2, 0) is 6.42 Å². The van der Waals surface area contributed by atoms with Gasteiger partial charge in [-0.2, -0.15) is 0 Å². The van der Waals surface area contributed by atoms with Crippen LogP contribution in [0.15, 0.2) is 17.5 Å². The zero-order chi connectivity index (χ0) is 9.03. The van der Waals surface area contributed by atoms with Crippen molar-refractivity contribution in [1.29, 1.82) is 0 Å². The molecule has 0 aliphatic rings. The molecule has 0 radical (unpaired) electrons. The first kappa shape index (κ1) is 9.75. The Morgan fingerprint density at radius 3 is 2.67 bits per heavy atom. The van der Waals surface area contributed by atoms with E-state index in [9.17, 15) is 0 Å². The predicted octanol–water partition coefficient (Wildman–Crippen LogP) is 2.68. The van der Waals surface area contributed by atoms with E-state index in [-0.39, 0.29) is 5.54 Å². The molecule has 0 aromatic carbocycles. The molecule has 1 heterocycles. The van der Waals surface area contributed by atoms with E-state index in [0.29, 0.717) is 0 Å². The van der Waals surface area contributed by atoms with Crippen molar-refractivity contribution in [3.63, 3.8) is 0 Å². The fourth-order valence-corrected chi connectivity index (χ4v) is 1.72. The summed E-state index contributed by atoms with van der Waals surface area (Å²) in [5.74, 6) is 0. The molecular weight excluding hydrogens is 166 g/mol. The quantitative estimate of drug-likeness (QED) is 0.759. The Morgan fingerprint density at radius 2 is 2.17 bits per heavy atom. The third-order valence-electron chi connectivity index (χ3n) is 1.61. The summed E-state index contributed by atoms with van der Waals surface area (Å²) in [6, 6.07) is 4.30. The van der Waals surface area contributed by atoms with E-state index in [1.165, 1.54) is 4.88 Å². The van der Waals surface area contributed by atoms with Crippen molar-refractivity contribution in [1.82, 2.24) is 5.32 Å². The molecule has 0 atom stereocenters. The van der Waals surface area contributed by atoms with E-state index in [4.69, 9.17) is 0 Å². The summed E-state index contributed by atoms with van der Waals surface area (Å²) in [4.78, 5) is 1.46. The van der Waals surface area contributed by atoms with Crippen molar-refractivity contribution in [2.75, 3.05) is 6.54 Å². The molecule has 1 N–H and O–H groups in total. The van der Waals surface area contributed by atoms with Crippen LogP contribution in [0.3, 0.4) is 0 Å². The van der Waals surface area contributed by atoms with E-state index in [2.05, 4.69) is 43.6 Å². The van der Waals surface area contributed by atoms with E-state index >= 15 is 0 Å². The SMILES string of the molecule is CC(C)(C)NCCc1cccs1. The number of hydrogen-bond donors (Lipinski definition) is 1. The van der Waals surface area contributed by atoms with Crippen LogP contribution < -0.4 is 5.32 Å². The molecule has 12 heavy (non-hydrogen) atoms. The molecule has 0 saturated heterocycles. The third kappa shape index (κ3) is 3.88. The van der Waals surface area contributed by atoms with Gasteiger partial charge in [0.15, 0.2) is 0 Å². The zero-order valence-corrected chi connectivity index (χ0v) is 8.87. The molecule has 0 fully saturated rings. The number of hydrogen-bond acceptors (Lipinski definition) is 2. The highest BCUT2D eigenvalue weighted by Crippen LogP contribution is 2.09. The van der Waals surface area contributed by atoms with Gasteiger partial charge in [-0.05, 0) is 38.6 Å². The second-order valence-electron chi connectivity index (χ2n) is 4.01. The van der Waals surface area contributed by atoms with Crippen LogP contribution in [0, 0.1) is 0 Å². The van der Waals surface area contributed by atoms with Crippen molar-refractivity contribution in [2.45, 2.75) is 32.7 Å². The molecule has 0 unspecified atom stereocenters. The van der Waals surface area contributed by atoms with Crippen LogP contribution in [-0.4, -0.2) is 12.1 Å². The predicted molar refractivity (Wildman–Crippen MR) is 55.8 cm³/mol. The summed E-state index contributed by atoms with van der Waals surface area (Å²) in [7, 11) is 0. The molecule has 1 rings (SSSR count). The Hall–Kier alpha value is -0.340. The van der Waals surface area contributed by atoms with Gasteiger partial charge in [-0.3, -0.25) is 0 Å². The zero-order valence-electron chi connectivity index (χ0n) is 8.05. The summed E-state index contributed by atoms with van der Waals surface area (Å²) in [5, 5.41) is 5.60. The van der Waals surface area contributed by atoms with E-state index < -0.39 is 0 Å². The van der Waals surface area contributed by atoms with Crippen LogP contribution >= 0.6 is 11.3 Å². The molecule has 0 amide bonds. The second kappa shape index (κ2) is 4.06. The summed E-state index contributed by atoms with van der Waals surface area (Å²) in [5.41, 5.74) is 0.247. The smallest absolute Gasteiger partial charge is 0.00966 e. The van der Waals surface area contributed by atoms with E-state index in [1.807, 2.05) is 11.3 Å². The second-order valence-corrected chi connectivity index (χ2v) is 5.04. The lowest BCUT2D eigenvalue weighted by atomic mass is 10.1. The first-order chi connectivity index (χ1) is 5.58. The van der Waals surface area contributed by atoms with Gasteiger partial charge in [-0.25, -0.2) is 0 Å². The maximum absolute atomic E-state index is 3.47. The Morgan fingerprint density at radius 1 is 1.42 bits per heavy atom. The van der Waals surface area contributed by atoms with Gasteiger partial charge in [0.05, 0.1) is 0 Å². The van der Waals surface area contributed by atoms with Crippen LogP contribution in [0.5, 0.6) is 0 Å². The van der Waals surface area contributed by atoms with Crippen molar-refractivity contribution >= 4 is 11.3 Å². The largest absolute Gasteiger partial charge is 0.312 e. The molecule has 0 bridgehead atoms. The summed E-state index contributed by atoms with van der Waals surface area (Å²) >= 11 is 1.83. The van der Waals surface area contributed by atoms with Gasteiger partial charge < -0.3 is 5.32 Å². The molecule has 68 valence electrons. The van der Waals surface area contributed by atoms with Gasteiger partial charge in [0.1, 0.15) is 0 Å². The lowest BCUT2D eigenvalue weighted by molar-refractivity contribution is 0.430. The minimum Gasteiger partial charge on any atom is -0.312 e. The summed E-state index contributed by atoms with van der Waals surface area (Å²) in [6.07, 6.45) is 1.15. The number of nitrogens with one attached hydrogen (secondary N) is 1. The molecule has 2 heteroatoms. The molecular formula is C10H17NS.